The molecule has 18 heavy (non-hydrogen) atoms. The van der Waals surface area contributed by atoms with E-state index in [2.05, 4.69) is 5.32 Å². The third kappa shape index (κ3) is 4.85. The van der Waals surface area contributed by atoms with Crippen molar-refractivity contribution in [3.63, 3.8) is 0 Å². The monoisotopic (exact) mass is 255 g/mol. The fraction of sp³-hybridized carbons (Fsp3) is 0.769. The number of hydrogen-bond acceptors (Lipinski definition) is 4. The van der Waals surface area contributed by atoms with Crippen molar-refractivity contribution in [1.82, 2.24) is 5.32 Å². The van der Waals surface area contributed by atoms with Crippen molar-refractivity contribution < 1.29 is 19.1 Å². The van der Waals surface area contributed by atoms with E-state index in [9.17, 15) is 14.4 Å². The highest BCUT2D eigenvalue weighted by molar-refractivity contribution is 5.96. The third-order valence-electron chi connectivity index (χ3n) is 3.12. The molecule has 1 rings (SSSR count). The first-order valence-corrected chi connectivity index (χ1v) is 6.48. The molecule has 1 N–H and O–H groups in total. The van der Waals surface area contributed by atoms with E-state index in [1.165, 1.54) is 6.92 Å². The smallest absolute Gasteiger partial charge is 0.308 e. The van der Waals surface area contributed by atoms with Gasteiger partial charge >= 0.3 is 5.97 Å². The lowest BCUT2D eigenvalue weighted by atomic mass is 9.86. The van der Waals surface area contributed by atoms with Crippen LogP contribution in [0.5, 0.6) is 0 Å². The lowest BCUT2D eigenvalue weighted by Gasteiger charge is -2.27. The van der Waals surface area contributed by atoms with Gasteiger partial charge < -0.3 is 10.1 Å². The van der Waals surface area contributed by atoms with Gasteiger partial charge in [-0.25, -0.2) is 0 Å². The molecule has 0 atom stereocenters. The zero-order valence-corrected chi connectivity index (χ0v) is 11.0. The van der Waals surface area contributed by atoms with Gasteiger partial charge in [0.05, 0.1) is 18.9 Å². The van der Waals surface area contributed by atoms with E-state index in [0.29, 0.717) is 6.61 Å². The van der Waals surface area contributed by atoms with Gasteiger partial charge in [0.2, 0.25) is 5.91 Å². The topological polar surface area (TPSA) is 72.5 Å². The number of esters is 1. The van der Waals surface area contributed by atoms with Gasteiger partial charge in [-0.15, -0.1) is 0 Å². The minimum Gasteiger partial charge on any atom is -0.466 e. The first-order valence-electron chi connectivity index (χ1n) is 6.48. The summed E-state index contributed by atoms with van der Waals surface area (Å²) >= 11 is 0. The first kappa shape index (κ1) is 14.7. The fourth-order valence-corrected chi connectivity index (χ4v) is 2.24. The van der Waals surface area contributed by atoms with Crippen LogP contribution in [-0.2, 0) is 19.1 Å². The molecule has 0 heterocycles. The molecule has 0 aromatic carbocycles. The predicted molar refractivity (Wildman–Crippen MR) is 65.8 cm³/mol. The standard InChI is InChI=1S/C13H21NO4/c1-3-18-13(17)10-4-6-11(7-5-10)14-12(16)8-9(2)15/h10-11H,3-8H2,1-2H3,(H,14,16). The Balaban J connectivity index is 2.29. The van der Waals surface area contributed by atoms with Gasteiger partial charge in [-0.3, -0.25) is 14.4 Å². The molecular weight excluding hydrogens is 234 g/mol. The molecule has 0 aliphatic heterocycles. The van der Waals surface area contributed by atoms with Gasteiger partial charge in [0.15, 0.2) is 0 Å². The van der Waals surface area contributed by atoms with Crippen molar-refractivity contribution in [2.45, 2.75) is 52.0 Å². The molecule has 1 amide bonds. The summed E-state index contributed by atoms with van der Waals surface area (Å²) < 4.78 is 4.98. The quantitative estimate of drug-likeness (QED) is 0.592. The predicted octanol–water partition coefficient (Wildman–Crippen LogP) is 1.20. The Kier molecular flexibility index (Phi) is 5.82. The van der Waals surface area contributed by atoms with Gasteiger partial charge in [0.25, 0.3) is 0 Å². The van der Waals surface area contributed by atoms with Crippen LogP contribution in [-0.4, -0.2) is 30.3 Å². The minimum atomic E-state index is -0.220. The van der Waals surface area contributed by atoms with Crippen molar-refractivity contribution in [1.29, 1.82) is 0 Å². The molecule has 0 aromatic rings. The normalized spacial score (nSPS) is 23.2. The summed E-state index contributed by atoms with van der Waals surface area (Å²) in [7, 11) is 0. The largest absolute Gasteiger partial charge is 0.466 e. The van der Waals surface area contributed by atoms with E-state index in [0.717, 1.165) is 25.7 Å². The molecule has 1 aliphatic carbocycles. The van der Waals surface area contributed by atoms with E-state index in [1.54, 1.807) is 6.92 Å². The molecule has 1 aliphatic rings. The molecule has 5 heteroatoms. The van der Waals surface area contributed by atoms with Crippen LogP contribution in [0.4, 0.5) is 0 Å². The summed E-state index contributed by atoms with van der Waals surface area (Å²) in [5.74, 6) is -0.522. The van der Waals surface area contributed by atoms with Gasteiger partial charge in [0, 0.05) is 6.04 Å². The van der Waals surface area contributed by atoms with Crippen molar-refractivity contribution in [3.8, 4) is 0 Å². The molecule has 5 nitrogen and oxygen atoms in total. The average molecular weight is 255 g/mol. The van der Waals surface area contributed by atoms with Gasteiger partial charge in [-0.2, -0.15) is 0 Å². The van der Waals surface area contributed by atoms with E-state index in [-0.39, 0.29) is 36.0 Å². The molecule has 1 saturated carbocycles. The summed E-state index contributed by atoms with van der Waals surface area (Å²) in [6.07, 6.45) is 2.96. The summed E-state index contributed by atoms with van der Waals surface area (Å²) in [5.41, 5.74) is 0. The number of carbonyl (C=O) groups is 3. The van der Waals surface area contributed by atoms with E-state index in [4.69, 9.17) is 4.74 Å². The number of amides is 1. The number of ketones is 1. The van der Waals surface area contributed by atoms with Crippen LogP contribution in [0.25, 0.3) is 0 Å². The highest BCUT2D eigenvalue weighted by atomic mass is 16.5. The summed E-state index contributed by atoms with van der Waals surface area (Å²) in [5, 5.41) is 2.83. The fourth-order valence-electron chi connectivity index (χ4n) is 2.24. The molecule has 0 unspecified atom stereocenters. The Morgan fingerprint density at radius 1 is 1.17 bits per heavy atom. The van der Waals surface area contributed by atoms with Crippen LogP contribution in [0.2, 0.25) is 0 Å². The van der Waals surface area contributed by atoms with Crippen LogP contribution >= 0.6 is 0 Å². The molecule has 0 saturated heterocycles. The number of nitrogens with one attached hydrogen (secondary N) is 1. The Morgan fingerprint density at radius 3 is 2.28 bits per heavy atom. The van der Waals surface area contributed by atoms with Crippen molar-refractivity contribution in [2.75, 3.05) is 6.61 Å². The number of Topliss-reactive ketones (excluding diaryl/α,β-unsaturated/α-hetero) is 1. The van der Waals surface area contributed by atoms with Crippen molar-refractivity contribution in [3.05, 3.63) is 0 Å². The lowest BCUT2D eigenvalue weighted by molar-refractivity contribution is -0.149. The second-order valence-electron chi connectivity index (χ2n) is 4.75. The van der Waals surface area contributed by atoms with Crippen LogP contribution in [0.3, 0.4) is 0 Å². The number of hydrogen-bond donors (Lipinski definition) is 1. The second kappa shape index (κ2) is 7.13. The number of carbonyl (C=O) groups excluding carboxylic acids is 3. The molecule has 0 radical (unpaired) electrons. The molecule has 0 spiro atoms. The minimum absolute atomic E-state index is 0.0362. The molecule has 102 valence electrons. The maximum Gasteiger partial charge on any atom is 0.308 e. The van der Waals surface area contributed by atoms with Gasteiger partial charge in [-0.05, 0) is 39.5 Å². The Labute approximate surface area is 107 Å². The molecule has 1 fully saturated rings. The maximum absolute atomic E-state index is 11.5. The SMILES string of the molecule is CCOC(=O)C1CCC(NC(=O)CC(C)=O)CC1. The van der Waals surface area contributed by atoms with Gasteiger partial charge in [-0.1, -0.05) is 0 Å². The van der Waals surface area contributed by atoms with Crippen molar-refractivity contribution in [2.24, 2.45) is 5.92 Å². The Hall–Kier alpha value is -1.39. The van der Waals surface area contributed by atoms with E-state index in [1.807, 2.05) is 0 Å². The zero-order valence-electron chi connectivity index (χ0n) is 11.0. The summed E-state index contributed by atoms with van der Waals surface area (Å²) in [6.45, 7) is 3.61. The van der Waals surface area contributed by atoms with Crippen LogP contribution in [0, 0.1) is 5.92 Å². The Bertz CT molecular complexity index is 319. The Morgan fingerprint density at radius 2 is 1.78 bits per heavy atom. The highest BCUT2D eigenvalue weighted by Gasteiger charge is 2.27. The third-order valence-corrected chi connectivity index (χ3v) is 3.12. The lowest BCUT2D eigenvalue weighted by Crippen LogP contribution is -2.39. The summed E-state index contributed by atoms with van der Waals surface area (Å²) in [6, 6.07) is 0.0857. The van der Waals surface area contributed by atoms with Crippen LogP contribution < -0.4 is 5.32 Å². The first-order chi connectivity index (χ1) is 8.52. The highest BCUT2D eigenvalue weighted by Crippen LogP contribution is 2.25. The maximum atomic E-state index is 11.5. The van der Waals surface area contributed by atoms with Gasteiger partial charge in [0.1, 0.15) is 5.78 Å². The molecule has 0 aromatic heterocycles. The number of ether oxygens (including phenoxy) is 1. The molecule has 0 bridgehead atoms. The summed E-state index contributed by atoms with van der Waals surface area (Å²) in [4.78, 5) is 33.7. The average Bonchev–Trinajstić information content (AvgIpc) is 2.29. The van der Waals surface area contributed by atoms with E-state index < -0.39 is 0 Å². The van der Waals surface area contributed by atoms with Crippen LogP contribution in [0.15, 0.2) is 0 Å². The van der Waals surface area contributed by atoms with Crippen LogP contribution in [0.1, 0.15) is 46.0 Å². The second-order valence-corrected chi connectivity index (χ2v) is 4.75. The van der Waals surface area contributed by atoms with Crippen molar-refractivity contribution >= 4 is 17.7 Å². The van der Waals surface area contributed by atoms with E-state index >= 15 is 0 Å². The molecular formula is C13H21NO4. The zero-order chi connectivity index (χ0) is 13.5. The number of rotatable bonds is 5.